The fourth-order valence-corrected chi connectivity index (χ4v) is 1.70. The Hall–Kier alpha value is -1.58. The summed E-state index contributed by atoms with van der Waals surface area (Å²) in [5, 5.41) is 0. The molecule has 0 amide bonds. The Balaban J connectivity index is 2.85. The van der Waals surface area contributed by atoms with E-state index in [-0.39, 0.29) is 17.2 Å². The number of aromatic nitrogens is 1. The summed E-state index contributed by atoms with van der Waals surface area (Å²) in [6, 6.07) is 3.00. The Kier molecular flexibility index (Phi) is 1.96. The van der Waals surface area contributed by atoms with Crippen molar-refractivity contribution in [1.29, 1.82) is 0 Å². The number of hydrogen-bond acceptors (Lipinski definition) is 3. The maximum atomic E-state index is 13.7. The molecule has 2 N–H and O–H groups in total. The first kappa shape index (κ1) is 9.96. The molecule has 2 rings (SSSR count). The molecule has 1 heterocycles. The fourth-order valence-electron chi connectivity index (χ4n) is 1.70. The number of nitrogen functional groups attached to an aromatic ring is 1. The number of fused-ring (bicyclic) bond motifs is 1. The summed E-state index contributed by atoms with van der Waals surface area (Å²) in [6.45, 7) is 5.78. The van der Waals surface area contributed by atoms with Gasteiger partial charge < -0.3 is 10.2 Å². The maximum Gasteiger partial charge on any atom is 0.292 e. The number of rotatable bonds is 0. The second-order valence-corrected chi connectivity index (χ2v) is 4.57. The van der Waals surface area contributed by atoms with Crippen LogP contribution < -0.4 is 5.73 Å². The van der Waals surface area contributed by atoms with Crippen molar-refractivity contribution in [3.05, 3.63) is 23.5 Å². The predicted octanol–water partition coefficient (Wildman–Crippen LogP) is 2.85. The summed E-state index contributed by atoms with van der Waals surface area (Å²) in [5.41, 5.74) is 6.71. The predicted molar refractivity (Wildman–Crippen MR) is 57.1 cm³/mol. The second kappa shape index (κ2) is 2.95. The van der Waals surface area contributed by atoms with E-state index < -0.39 is 0 Å². The van der Waals surface area contributed by atoms with Crippen molar-refractivity contribution in [2.24, 2.45) is 0 Å². The molecule has 0 radical (unpaired) electrons. The van der Waals surface area contributed by atoms with Crippen molar-refractivity contribution in [2.45, 2.75) is 26.2 Å². The van der Waals surface area contributed by atoms with Crippen LogP contribution in [0.25, 0.3) is 11.1 Å². The standard InChI is InChI=1S/C11H13FN2O/c1-11(2,3)8-6(12)4-5-7-9(8)14-10(13)15-7/h4-5H,1-3H3,(H2,13,14). The van der Waals surface area contributed by atoms with Crippen molar-refractivity contribution in [3.8, 4) is 0 Å². The van der Waals surface area contributed by atoms with Crippen molar-refractivity contribution >= 4 is 17.1 Å². The van der Waals surface area contributed by atoms with Crippen molar-refractivity contribution < 1.29 is 8.81 Å². The van der Waals surface area contributed by atoms with Gasteiger partial charge in [0.05, 0.1) is 0 Å². The van der Waals surface area contributed by atoms with Crippen LogP contribution in [-0.2, 0) is 5.41 Å². The van der Waals surface area contributed by atoms with Gasteiger partial charge in [-0.15, -0.1) is 0 Å². The van der Waals surface area contributed by atoms with E-state index in [4.69, 9.17) is 10.2 Å². The Morgan fingerprint density at radius 2 is 2.00 bits per heavy atom. The van der Waals surface area contributed by atoms with E-state index in [1.807, 2.05) is 20.8 Å². The Morgan fingerprint density at radius 1 is 1.33 bits per heavy atom. The minimum Gasteiger partial charge on any atom is -0.424 e. The molecule has 80 valence electrons. The minimum atomic E-state index is -0.326. The highest BCUT2D eigenvalue weighted by molar-refractivity contribution is 5.79. The van der Waals surface area contributed by atoms with Gasteiger partial charge in [-0.25, -0.2) is 4.39 Å². The topological polar surface area (TPSA) is 52.0 Å². The smallest absolute Gasteiger partial charge is 0.292 e. The molecule has 0 fully saturated rings. The van der Waals surface area contributed by atoms with Gasteiger partial charge >= 0.3 is 0 Å². The van der Waals surface area contributed by atoms with Gasteiger partial charge in [-0.1, -0.05) is 20.8 Å². The normalized spacial score (nSPS) is 12.3. The van der Waals surface area contributed by atoms with Crippen molar-refractivity contribution in [3.63, 3.8) is 0 Å². The Labute approximate surface area is 87.1 Å². The first-order valence-electron chi connectivity index (χ1n) is 4.74. The number of nitrogens with zero attached hydrogens (tertiary/aromatic N) is 1. The first-order valence-corrected chi connectivity index (χ1v) is 4.74. The maximum absolute atomic E-state index is 13.7. The number of hydrogen-bond donors (Lipinski definition) is 1. The van der Waals surface area contributed by atoms with Gasteiger partial charge in [-0.05, 0) is 17.5 Å². The van der Waals surface area contributed by atoms with Crippen LogP contribution in [0.3, 0.4) is 0 Å². The summed E-state index contributed by atoms with van der Waals surface area (Å²) in [4.78, 5) is 4.01. The summed E-state index contributed by atoms with van der Waals surface area (Å²) in [7, 11) is 0. The molecule has 0 aliphatic carbocycles. The van der Waals surface area contributed by atoms with Gasteiger partial charge in [0.2, 0.25) is 0 Å². The zero-order chi connectivity index (χ0) is 11.2. The largest absolute Gasteiger partial charge is 0.424 e. The van der Waals surface area contributed by atoms with Gasteiger partial charge in [0, 0.05) is 5.56 Å². The zero-order valence-electron chi connectivity index (χ0n) is 8.97. The van der Waals surface area contributed by atoms with Crippen LogP contribution in [0.2, 0.25) is 0 Å². The Bertz CT molecular complexity index is 511. The van der Waals surface area contributed by atoms with Crippen LogP contribution in [0.15, 0.2) is 16.5 Å². The second-order valence-electron chi connectivity index (χ2n) is 4.57. The lowest BCUT2D eigenvalue weighted by Crippen LogP contribution is -2.14. The summed E-state index contributed by atoms with van der Waals surface area (Å²) in [6.07, 6.45) is 0. The SMILES string of the molecule is CC(C)(C)c1c(F)ccc2oc(N)nc12. The van der Waals surface area contributed by atoms with E-state index >= 15 is 0 Å². The van der Waals surface area contributed by atoms with E-state index in [1.165, 1.54) is 6.07 Å². The monoisotopic (exact) mass is 208 g/mol. The van der Waals surface area contributed by atoms with Gasteiger partial charge in [0.25, 0.3) is 6.01 Å². The molecule has 0 bridgehead atoms. The first-order chi connectivity index (χ1) is 6.89. The van der Waals surface area contributed by atoms with Crippen molar-refractivity contribution in [1.82, 2.24) is 4.98 Å². The molecular formula is C11H13FN2O. The lowest BCUT2D eigenvalue weighted by atomic mass is 9.86. The van der Waals surface area contributed by atoms with Crippen LogP contribution >= 0.6 is 0 Å². The van der Waals surface area contributed by atoms with Crippen LogP contribution in [0.5, 0.6) is 0 Å². The van der Waals surface area contributed by atoms with E-state index in [0.29, 0.717) is 16.7 Å². The molecule has 1 aromatic heterocycles. The van der Waals surface area contributed by atoms with Crippen LogP contribution in [0, 0.1) is 5.82 Å². The highest BCUT2D eigenvalue weighted by atomic mass is 19.1. The lowest BCUT2D eigenvalue weighted by molar-refractivity contribution is 0.527. The van der Waals surface area contributed by atoms with Crippen LogP contribution in [0.4, 0.5) is 10.4 Å². The van der Waals surface area contributed by atoms with Gasteiger partial charge in [0.15, 0.2) is 5.58 Å². The molecule has 0 saturated carbocycles. The number of anilines is 1. The molecule has 3 nitrogen and oxygen atoms in total. The number of nitrogens with two attached hydrogens (primary N) is 1. The van der Waals surface area contributed by atoms with E-state index in [0.717, 1.165) is 0 Å². The molecule has 0 spiro atoms. The molecule has 0 aliphatic rings. The lowest BCUT2D eigenvalue weighted by Gasteiger charge is -2.19. The van der Waals surface area contributed by atoms with E-state index in [1.54, 1.807) is 6.07 Å². The quantitative estimate of drug-likeness (QED) is 0.724. The van der Waals surface area contributed by atoms with Crippen LogP contribution in [-0.4, -0.2) is 4.98 Å². The van der Waals surface area contributed by atoms with Gasteiger partial charge in [0.1, 0.15) is 11.3 Å². The molecule has 15 heavy (non-hydrogen) atoms. The molecule has 0 atom stereocenters. The number of oxazole rings is 1. The molecule has 2 aromatic rings. The highest BCUT2D eigenvalue weighted by Gasteiger charge is 2.24. The third-order valence-electron chi connectivity index (χ3n) is 2.28. The fraction of sp³-hybridized carbons (Fsp3) is 0.364. The van der Waals surface area contributed by atoms with E-state index in [9.17, 15) is 4.39 Å². The Morgan fingerprint density at radius 3 is 2.60 bits per heavy atom. The average molecular weight is 208 g/mol. The molecule has 0 saturated heterocycles. The number of benzene rings is 1. The highest BCUT2D eigenvalue weighted by Crippen LogP contribution is 2.32. The van der Waals surface area contributed by atoms with Gasteiger partial charge in [-0.2, -0.15) is 4.98 Å². The summed E-state index contributed by atoms with van der Waals surface area (Å²) >= 11 is 0. The molecule has 1 aromatic carbocycles. The number of halogens is 1. The third kappa shape index (κ3) is 1.56. The minimum absolute atomic E-state index is 0.0705. The molecule has 0 aliphatic heterocycles. The summed E-state index contributed by atoms with van der Waals surface area (Å²) in [5.74, 6) is -0.275. The average Bonchev–Trinajstić information content (AvgIpc) is 2.41. The van der Waals surface area contributed by atoms with Crippen LogP contribution in [0.1, 0.15) is 26.3 Å². The van der Waals surface area contributed by atoms with Gasteiger partial charge in [-0.3, -0.25) is 0 Å². The molecular weight excluding hydrogens is 195 g/mol. The third-order valence-corrected chi connectivity index (χ3v) is 2.28. The molecule has 4 heteroatoms. The van der Waals surface area contributed by atoms with Crippen molar-refractivity contribution in [2.75, 3.05) is 5.73 Å². The zero-order valence-corrected chi connectivity index (χ0v) is 8.97. The molecule has 0 unspecified atom stereocenters. The summed E-state index contributed by atoms with van der Waals surface area (Å²) < 4.78 is 18.9. The van der Waals surface area contributed by atoms with E-state index in [2.05, 4.69) is 4.98 Å².